The minimum atomic E-state index is -0.289. The number of thioether (sulfide) groups is 1. The first kappa shape index (κ1) is 25.5. The van der Waals surface area contributed by atoms with Crippen LogP contribution in [-0.4, -0.2) is 28.1 Å². The summed E-state index contributed by atoms with van der Waals surface area (Å²) in [6.45, 7) is 0.119. The van der Waals surface area contributed by atoms with Crippen LogP contribution >= 0.6 is 27.7 Å². The first-order valence-electron chi connectivity index (χ1n) is 13.0. The second-order valence-electron chi connectivity index (χ2n) is 9.84. The molecule has 2 saturated carbocycles. The van der Waals surface area contributed by atoms with Crippen molar-refractivity contribution in [1.29, 1.82) is 0 Å². The molecule has 5 rings (SSSR count). The van der Waals surface area contributed by atoms with Crippen LogP contribution in [0.4, 0.5) is 4.39 Å². The minimum absolute atomic E-state index is 0.0430. The molecular weight excluding hydrogens is 539 g/mol. The van der Waals surface area contributed by atoms with Crippen LogP contribution in [-0.2, 0) is 11.4 Å². The Bertz CT molecular complexity index is 1160. The van der Waals surface area contributed by atoms with Gasteiger partial charge in [-0.1, -0.05) is 72.7 Å². The minimum Gasteiger partial charge on any atom is -0.488 e. The molecule has 1 saturated heterocycles. The molecule has 3 fully saturated rings. The molecule has 36 heavy (non-hydrogen) atoms. The van der Waals surface area contributed by atoms with Gasteiger partial charge in [0.2, 0.25) is 0 Å². The molecule has 0 unspecified atom stereocenters. The number of hydrogen-bond acceptors (Lipinski definition) is 4. The van der Waals surface area contributed by atoms with Gasteiger partial charge in [-0.2, -0.15) is 0 Å². The summed E-state index contributed by atoms with van der Waals surface area (Å²) in [7, 11) is 0. The van der Waals surface area contributed by atoms with Crippen LogP contribution in [0.2, 0.25) is 0 Å². The highest BCUT2D eigenvalue weighted by Gasteiger charge is 2.39. The van der Waals surface area contributed by atoms with E-state index in [1.807, 2.05) is 29.2 Å². The van der Waals surface area contributed by atoms with E-state index in [1.54, 1.807) is 18.2 Å². The first-order valence-corrected chi connectivity index (χ1v) is 14.7. The lowest BCUT2D eigenvalue weighted by atomic mass is 9.94. The summed E-state index contributed by atoms with van der Waals surface area (Å²) in [5.74, 6) is 0.369. The van der Waals surface area contributed by atoms with Gasteiger partial charge < -0.3 is 4.74 Å². The molecule has 0 atom stereocenters. The Morgan fingerprint density at radius 2 is 1.75 bits per heavy atom. The summed E-state index contributed by atoms with van der Waals surface area (Å²) in [6.07, 6.45) is 13.5. The van der Waals surface area contributed by atoms with Crippen LogP contribution in [0, 0.1) is 5.82 Å². The van der Waals surface area contributed by atoms with E-state index in [9.17, 15) is 9.18 Å². The monoisotopic (exact) mass is 570 g/mol. The van der Waals surface area contributed by atoms with E-state index in [0.29, 0.717) is 22.3 Å². The van der Waals surface area contributed by atoms with E-state index in [-0.39, 0.29) is 24.4 Å². The van der Waals surface area contributed by atoms with Crippen molar-refractivity contribution in [3.63, 3.8) is 0 Å². The molecule has 2 aromatic carbocycles. The number of ether oxygens (including phenoxy) is 1. The molecule has 3 aliphatic rings. The molecule has 2 aromatic rings. The summed E-state index contributed by atoms with van der Waals surface area (Å²) in [6, 6.07) is 12.9. The molecule has 0 aromatic heterocycles. The van der Waals surface area contributed by atoms with Crippen molar-refractivity contribution in [3.8, 4) is 5.75 Å². The molecule has 0 bridgehead atoms. The average Bonchev–Trinajstić information content (AvgIpc) is 3.19. The lowest BCUT2D eigenvalue weighted by Crippen LogP contribution is -2.41. The van der Waals surface area contributed by atoms with Gasteiger partial charge in [0, 0.05) is 21.6 Å². The zero-order valence-corrected chi connectivity index (χ0v) is 22.8. The molecule has 0 N–H and O–H groups in total. The SMILES string of the molecule is O=C1C(=Cc2cc(Br)ccc2OCc2ccccc2F)SC(=NC2CCCCC2)N1C1CCCCC1. The zero-order chi connectivity index (χ0) is 24.9. The molecule has 190 valence electrons. The van der Waals surface area contributed by atoms with Crippen molar-refractivity contribution in [2.24, 2.45) is 4.99 Å². The summed E-state index contributed by atoms with van der Waals surface area (Å²) >= 11 is 5.05. The Morgan fingerprint density at radius 3 is 2.50 bits per heavy atom. The van der Waals surface area contributed by atoms with Gasteiger partial charge in [-0.3, -0.25) is 14.7 Å². The molecule has 0 spiro atoms. The molecule has 1 heterocycles. The van der Waals surface area contributed by atoms with Crippen LogP contribution in [0.25, 0.3) is 6.08 Å². The van der Waals surface area contributed by atoms with E-state index >= 15 is 0 Å². The third-order valence-corrected chi connectivity index (χ3v) is 8.73. The third-order valence-electron chi connectivity index (χ3n) is 7.24. The highest BCUT2D eigenvalue weighted by molar-refractivity contribution is 9.10. The number of aliphatic imine (C=N–C) groups is 1. The maximum Gasteiger partial charge on any atom is 0.267 e. The van der Waals surface area contributed by atoms with E-state index < -0.39 is 0 Å². The second-order valence-corrected chi connectivity index (χ2v) is 11.8. The fraction of sp³-hybridized carbons (Fsp3) is 0.448. The second kappa shape index (κ2) is 12.0. The maximum atomic E-state index is 14.1. The van der Waals surface area contributed by atoms with Gasteiger partial charge in [-0.25, -0.2) is 4.39 Å². The van der Waals surface area contributed by atoms with Gasteiger partial charge in [-0.05, 0) is 67.8 Å². The standard InChI is InChI=1S/C29H32BrFN2O2S/c30-22-15-16-26(35-19-20-9-7-8-14-25(20)31)21(17-22)18-27-28(34)33(24-12-5-2-6-13-24)29(36-27)32-23-10-3-1-4-11-23/h7-9,14-18,23-24H,1-6,10-13,19H2. The van der Waals surface area contributed by atoms with Crippen LogP contribution in [0.1, 0.15) is 75.3 Å². The van der Waals surface area contributed by atoms with E-state index in [2.05, 4.69) is 15.9 Å². The molecule has 4 nitrogen and oxygen atoms in total. The lowest BCUT2D eigenvalue weighted by Gasteiger charge is -2.31. The Labute approximate surface area is 225 Å². The summed E-state index contributed by atoms with van der Waals surface area (Å²) in [5.41, 5.74) is 1.29. The molecule has 1 amide bonds. The highest BCUT2D eigenvalue weighted by Crippen LogP contribution is 2.39. The number of amidine groups is 1. The summed E-state index contributed by atoms with van der Waals surface area (Å²) < 4.78 is 21.0. The van der Waals surface area contributed by atoms with Gasteiger partial charge >= 0.3 is 0 Å². The van der Waals surface area contributed by atoms with E-state index in [0.717, 1.165) is 53.7 Å². The van der Waals surface area contributed by atoms with Gasteiger partial charge in [0.05, 0.1) is 10.9 Å². The van der Waals surface area contributed by atoms with Gasteiger partial charge in [0.1, 0.15) is 18.2 Å². The smallest absolute Gasteiger partial charge is 0.267 e. The van der Waals surface area contributed by atoms with Crippen molar-refractivity contribution in [3.05, 3.63) is 68.8 Å². The molecule has 2 aliphatic carbocycles. The zero-order valence-electron chi connectivity index (χ0n) is 20.4. The highest BCUT2D eigenvalue weighted by atomic mass is 79.9. The fourth-order valence-corrected chi connectivity index (χ4v) is 6.76. The Morgan fingerprint density at radius 1 is 1.03 bits per heavy atom. The average molecular weight is 572 g/mol. The quantitative estimate of drug-likeness (QED) is 0.329. The Kier molecular flexibility index (Phi) is 8.47. The number of carbonyl (C=O) groups is 1. The van der Waals surface area contributed by atoms with Gasteiger partial charge in [0.15, 0.2) is 5.17 Å². The number of benzene rings is 2. The molecule has 0 radical (unpaired) electrons. The fourth-order valence-electron chi connectivity index (χ4n) is 5.28. The normalized spacial score (nSPS) is 22.1. The third kappa shape index (κ3) is 6.05. The number of amides is 1. The van der Waals surface area contributed by atoms with Crippen molar-refractivity contribution < 1.29 is 13.9 Å². The van der Waals surface area contributed by atoms with Crippen molar-refractivity contribution in [2.75, 3.05) is 0 Å². The largest absolute Gasteiger partial charge is 0.488 e. The molecule has 7 heteroatoms. The first-order chi connectivity index (χ1) is 17.6. The predicted octanol–water partition coefficient (Wildman–Crippen LogP) is 8.10. The Balaban J connectivity index is 1.43. The summed E-state index contributed by atoms with van der Waals surface area (Å²) in [5, 5.41) is 0.869. The van der Waals surface area contributed by atoms with Gasteiger partial charge in [-0.15, -0.1) is 0 Å². The topological polar surface area (TPSA) is 41.9 Å². The molecule has 1 aliphatic heterocycles. The van der Waals surface area contributed by atoms with Gasteiger partial charge in [0.25, 0.3) is 5.91 Å². The van der Waals surface area contributed by atoms with Crippen molar-refractivity contribution in [1.82, 2.24) is 4.90 Å². The van der Waals surface area contributed by atoms with E-state index in [1.165, 1.54) is 43.5 Å². The lowest BCUT2D eigenvalue weighted by molar-refractivity contribution is -0.124. The number of halogens is 2. The number of hydrogen-bond donors (Lipinski definition) is 0. The number of rotatable bonds is 6. The van der Waals surface area contributed by atoms with Crippen LogP contribution in [0.15, 0.2) is 56.8 Å². The van der Waals surface area contributed by atoms with Crippen molar-refractivity contribution in [2.45, 2.75) is 82.9 Å². The van der Waals surface area contributed by atoms with Crippen LogP contribution in [0.3, 0.4) is 0 Å². The van der Waals surface area contributed by atoms with Crippen molar-refractivity contribution >= 4 is 44.8 Å². The number of carbonyl (C=O) groups excluding carboxylic acids is 1. The Hall–Kier alpha value is -2.12. The van der Waals surface area contributed by atoms with Crippen LogP contribution in [0.5, 0.6) is 5.75 Å². The number of nitrogens with zero attached hydrogens (tertiary/aromatic N) is 2. The van der Waals surface area contributed by atoms with E-state index in [4.69, 9.17) is 9.73 Å². The maximum absolute atomic E-state index is 14.1. The predicted molar refractivity (Wildman–Crippen MR) is 148 cm³/mol. The summed E-state index contributed by atoms with van der Waals surface area (Å²) in [4.78, 5) is 21.5. The molecular formula is C29H32BrFN2O2S. The van der Waals surface area contributed by atoms with Crippen LogP contribution < -0.4 is 4.74 Å².